The molecule has 0 bridgehead atoms. The number of hydrogen-bond acceptors (Lipinski definition) is 4. The van der Waals surface area contributed by atoms with Crippen LogP contribution in [0.4, 0.5) is 5.82 Å². The zero-order chi connectivity index (χ0) is 17.2. The van der Waals surface area contributed by atoms with Gasteiger partial charge in [0.25, 0.3) is 5.91 Å². The fourth-order valence-corrected chi connectivity index (χ4v) is 2.86. The molecule has 0 atom stereocenters. The predicted molar refractivity (Wildman–Crippen MR) is 95.1 cm³/mol. The van der Waals surface area contributed by atoms with E-state index in [1.807, 2.05) is 36.4 Å². The van der Waals surface area contributed by atoms with Crippen molar-refractivity contribution in [2.75, 3.05) is 4.90 Å². The monoisotopic (exact) mass is 332 g/mol. The summed E-state index contributed by atoms with van der Waals surface area (Å²) < 4.78 is 0. The Morgan fingerprint density at radius 3 is 2.48 bits per heavy atom. The van der Waals surface area contributed by atoms with Gasteiger partial charge in [-0.3, -0.25) is 4.79 Å². The van der Waals surface area contributed by atoms with E-state index < -0.39 is 0 Å². The highest BCUT2D eigenvalue weighted by Gasteiger charge is 2.30. The van der Waals surface area contributed by atoms with Gasteiger partial charge >= 0.3 is 0 Å². The minimum atomic E-state index is 0.0156. The summed E-state index contributed by atoms with van der Waals surface area (Å²) in [6.45, 7) is 0.758. The van der Waals surface area contributed by atoms with Crippen LogP contribution in [0.15, 0.2) is 42.6 Å². The number of benzene rings is 1. The lowest BCUT2D eigenvalue weighted by Gasteiger charge is -2.23. The quantitative estimate of drug-likeness (QED) is 0.883. The Morgan fingerprint density at radius 2 is 1.92 bits per heavy atom. The number of rotatable bonds is 6. The third-order valence-electron chi connectivity index (χ3n) is 4.64. The molecule has 126 valence electrons. The van der Waals surface area contributed by atoms with E-state index >= 15 is 0 Å². The van der Waals surface area contributed by atoms with Crippen LogP contribution >= 0.6 is 0 Å². The standard InChI is InChI=1S/C20H20N4O/c21-11-15-3-10-19(22-12-15)24(18-8-9-18)13-14-1-4-16(5-2-14)20(25)23-17-6-7-17/h1-5,10,12,17-18H,6-9,13H2,(H,23,25). The van der Waals surface area contributed by atoms with Crippen LogP contribution in [0.3, 0.4) is 0 Å². The Hall–Kier alpha value is -2.87. The predicted octanol–water partition coefficient (Wildman–Crippen LogP) is 3.01. The second-order valence-electron chi connectivity index (χ2n) is 6.82. The molecular weight excluding hydrogens is 312 g/mol. The van der Waals surface area contributed by atoms with Crippen molar-refractivity contribution in [2.24, 2.45) is 0 Å². The molecule has 5 nitrogen and oxygen atoms in total. The average molecular weight is 332 g/mol. The summed E-state index contributed by atoms with van der Waals surface area (Å²) in [5.41, 5.74) is 2.44. The van der Waals surface area contributed by atoms with Crippen molar-refractivity contribution in [2.45, 2.75) is 44.3 Å². The van der Waals surface area contributed by atoms with Gasteiger partial charge in [-0.2, -0.15) is 5.26 Å². The Morgan fingerprint density at radius 1 is 1.16 bits per heavy atom. The molecular formula is C20H20N4O. The number of amides is 1. The Kier molecular flexibility index (Phi) is 4.10. The highest BCUT2D eigenvalue weighted by Crippen LogP contribution is 2.32. The van der Waals surface area contributed by atoms with Crippen LogP contribution in [0.5, 0.6) is 0 Å². The van der Waals surface area contributed by atoms with Gasteiger partial charge in [0.05, 0.1) is 5.56 Å². The molecule has 2 fully saturated rings. The highest BCUT2D eigenvalue weighted by molar-refractivity contribution is 5.94. The molecule has 2 aromatic rings. The molecule has 1 aromatic carbocycles. The van der Waals surface area contributed by atoms with Gasteiger partial charge in [-0.05, 0) is 55.5 Å². The maximum atomic E-state index is 12.1. The van der Waals surface area contributed by atoms with E-state index in [1.54, 1.807) is 6.20 Å². The number of anilines is 1. The summed E-state index contributed by atoms with van der Waals surface area (Å²) in [6.07, 6.45) is 6.15. The number of pyridine rings is 1. The molecule has 1 amide bonds. The minimum absolute atomic E-state index is 0.0156. The van der Waals surface area contributed by atoms with Crippen LogP contribution in [0, 0.1) is 11.3 Å². The van der Waals surface area contributed by atoms with Gasteiger partial charge in [0.15, 0.2) is 0 Å². The van der Waals surface area contributed by atoms with Crippen LogP contribution in [0.2, 0.25) is 0 Å². The fraction of sp³-hybridized carbons (Fsp3) is 0.350. The van der Waals surface area contributed by atoms with Crippen LogP contribution in [-0.4, -0.2) is 23.0 Å². The molecule has 0 unspecified atom stereocenters. The van der Waals surface area contributed by atoms with Crippen LogP contribution in [-0.2, 0) is 6.54 Å². The van der Waals surface area contributed by atoms with Crippen molar-refractivity contribution >= 4 is 11.7 Å². The first-order valence-electron chi connectivity index (χ1n) is 8.75. The summed E-state index contributed by atoms with van der Waals surface area (Å²) in [5, 5.41) is 11.9. The summed E-state index contributed by atoms with van der Waals surface area (Å²) in [6, 6.07) is 14.5. The number of hydrogen-bond donors (Lipinski definition) is 1. The summed E-state index contributed by atoms with van der Waals surface area (Å²) >= 11 is 0. The summed E-state index contributed by atoms with van der Waals surface area (Å²) in [5.74, 6) is 0.916. The van der Waals surface area contributed by atoms with Crippen LogP contribution < -0.4 is 10.2 Å². The maximum absolute atomic E-state index is 12.1. The van der Waals surface area contributed by atoms with E-state index in [4.69, 9.17) is 5.26 Å². The molecule has 1 aromatic heterocycles. The van der Waals surface area contributed by atoms with E-state index in [0.717, 1.165) is 30.8 Å². The smallest absolute Gasteiger partial charge is 0.251 e. The minimum Gasteiger partial charge on any atom is -0.349 e. The molecule has 4 rings (SSSR count). The van der Waals surface area contributed by atoms with Gasteiger partial charge in [-0.15, -0.1) is 0 Å². The van der Waals surface area contributed by atoms with E-state index in [2.05, 4.69) is 21.3 Å². The molecule has 5 heteroatoms. The van der Waals surface area contributed by atoms with Crippen molar-refractivity contribution in [3.63, 3.8) is 0 Å². The number of carbonyl (C=O) groups is 1. The van der Waals surface area contributed by atoms with Crippen molar-refractivity contribution in [1.82, 2.24) is 10.3 Å². The van der Waals surface area contributed by atoms with Gasteiger partial charge in [0.2, 0.25) is 0 Å². The lowest BCUT2D eigenvalue weighted by molar-refractivity contribution is 0.0951. The SMILES string of the molecule is N#Cc1ccc(N(Cc2ccc(C(=O)NC3CC3)cc2)C2CC2)nc1. The first-order chi connectivity index (χ1) is 12.2. The normalized spacial score (nSPS) is 16.1. The first kappa shape index (κ1) is 15.6. The molecule has 1 heterocycles. The molecule has 0 saturated heterocycles. The lowest BCUT2D eigenvalue weighted by Crippen LogP contribution is -2.26. The van der Waals surface area contributed by atoms with Crippen molar-refractivity contribution < 1.29 is 4.79 Å². The average Bonchev–Trinajstić information content (AvgIpc) is 3.54. The third kappa shape index (κ3) is 3.80. The maximum Gasteiger partial charge on any atom is 0.251 e. The van der Waals surface area contributed by atoms with E-state index in [-0.39, 0.29) is 5.91 Å². The molecule has 2 aliphatic carbocycles. The fourth-order valence-electron chi connectivity index (χ4n) is 2.86. The number of aromatic nitrogens is 1. The number of carbonyl (C=O) groups excluding carboxylic acids is 1. The molecule has 0 aliphatic heterocycles. The zero-order valence-electron chi connectivity index (χ0n) is 14.0. The van der Waals surface area contributed by atoms with Gasteiger partial charge in [-0.25, -0.2) is 4.98 Å². The molecule has 0 spiro atoms. The first-order valence-corrected chi connectivity index (χ1v) is 8.75. The number of nitriles is 1. The van der Waals surface area contributed by atoms with E-state index in [1.165, 1.54) is 12.8 Å². The Bertz CT molecular complexity index is 799. The van der Waals surface area contributed by atoms with Crippen molar-refractivity contribution in [3.8, 4) is 6.07 Å². The largest absolute Gasteiger partial charge is 0.349 e. The van der Waals surface area contributed by atoms with Crippen LogP contribution in [0.25, 0.3) is 0 Å². The van der Waals surface area contributed by atoms with E-state index in [9.17, 15) is 4.79 Å². The van der Waals surface area contributed by atoms with Gasteiger partial charge in [-0.1, -0.05) is 12.1 Å². The van der Waals surface area contributed by atoms with E-state index in [0.29, 0.717) is 23.2 Å². The second kappa shape index (κ2) is 6.56. The third-order valence-corrected chi connectivity index (χ3v) is 4.64. The van der Waals surface area contributed by atoms with Gasteiger partial charge in [0, 0.05) is 30.4 Å². The summed E-state index contributed by atoms with van der Waals surface area (Å²) in [4.78, 5) is 18.8. The molecule has 2 saturated carbocycles. The molecule has 1 N–H and O–H groups in total. The zero-order valence-corrected chi connectivity index (χ0v) is 14.0. The summed E-state index contributed by atoms with van der Waals surface area (Å²) in [7, 11) is 0. The van der Waals surface area contributed by atoms with Crippen molar-refractivity contribution in [3.05, 3.63) is 59.3 Å². The van der Waals surface area contributed by atoms with Gasteiger partial charge < -0.3 is 10.2 Å². The van der Waals surface area contributed by atoms with Gasteiger partial charge in [0.1, 0.15) is 11.9 Å². The Labute approximate surface area is 147 Å². The lowest BCUT2D eigenvalue weighted by atomic mass is 10.1. The number of nitrogens with one attached hydrogen (secondary N) is 1. The Balaban J connectivity index is 1.46. The number of nitrogens with zero attached hydrogens (tertiary/aromatic N) is 3. The second-order valence-corrected chi connectivity index (χ2v) is 6.82. The van der Waals surface area contributed by atoms with Crippen LogP contribution in [0.1, 0.15) is 47.2 Å². The highest BCUT2D eigenvalue weighted by atomic mass is 16.1. The molecule has 2 aliphatic rings. The molecule has 25 heavy (non-hydrogen) atoms. The van der Waals surface area contributed by atoms with Crippen molar-refractivity contribution in [1.29, 1.82) is 5.26 Å². The topological polar surface area (TPSA) is 69.0 Å². The molecule has 0 radical (unpaired) electrons.